The number of halogens is 1. The second-order valence-electron chi connectivity index (χ2n) is 4.06. The average Bonchev–Trinajstić information content (AvgIpc) is 2.41. The average molecular weight is 351 g/mol. The summed E-state index contributed by atoms with van der Waals surface area (Å²) in [4.78, 5) is 24.0. The molecule has 0 aliphatic heterocycles. The fraction of sp³-hybridized carbons (Fsp3) is 0. The number of hydrogen-bond donors (Lipinski definition) is 3. The van der Waals surface area contributed by atoms with Crippen LogP contribution >= 0.6 is 28.6 Å². The number of carbonyl (C=O) groups is 2. The Morgan fingerprint density at radius 2 is 1.90 bits per heavy atom. The van der Waals surface area contributed by atoms with Crippen molar-refractivity contribution in [2.75, 3.05) is 5.32 Å². The highest BCUT2D eigenvalue weighted by molar-refractivity contribution is 9.10. The summed E-state index contributed by atoms with van der Waals surface area (Å²) in [5, 5.41) is 2.71. The second kappa shape index (κ2) is 6.11. The predicted octanol–water partition coefficient (Wildman–Crippen LogP) is 3.09. The van der Waals surface area contributed by atoms with Crippen molar-refractivity contribution in [1.29, 1.82) is 0 Å². The van der Waals surface area contributed by atoms with Crippen molar-refractivity contribution < 1.29 is 9.59 Å². The molecule has 0 aliphatic carbocycles. The Balaban J connectivity index is 2.25. The Labute approximate surface area is 129 Å². The van der Waals surface area contributed by atoms with E-state index < -0.39 is 5.91 Å². The van der Waals surface area contributed by atoms with E-state index in [1.165, 1.54) is 6.07 Å². The molecule has 0 spiro atoms. The minimum Gasteiger partial charge on any atom is -0.366 e. The van der Waals surface area contributed by atoms with Gasteiger partial charge in [0.05, 0.1) is 5.56 Å². The zero-order chi connectivity index (χ0) is 14.7. The second-order valence-corrected chi connectivity index (χ2v) is 5.43. The number of thiol groups is 1. The van der Waals surface area contributed by atoms with Gasteiger partial charge in [-0.25, -0.2) is 0 Å². The van der Waals surface area contributed by atoms with Crippen LogP contribution in [0.5, 0.6) is 0 Å². The smallest absolute Gasteiger partial charge is 0.256 e. The Kier molecular flexibility index (Phi) is 4.46. The highest BCUT2D eigenvalue weighted by atomic mass is 79.9. The zero-order valence-corrected chi connectivity index (χ0v) is 12.7. The molecular weight excluding hydrogens is 340 g/mol. The van der Waals surface area contributed by atoms with Gasteiger partial charge in [-0.2, -0.15) is 0 Å². The number of rotatable bonds is 3. The third-order valence-electron chi connectivity index (χ3n) is 2.60. The molecule has 2 rings (SSSR count). The van der Waals surface area contributed by atoms with E-state index in [2.05, 4.69) is 33.9 Å². The van der Waals surface area contributed by atoms with Crippen LogP contribution in [0.1, 0.15) is 20.7 Å². The van der Waals surface area contributed by atoms with Gasteiger partial charge < -0.3 is 11.1 Å². The maximum atomic E-state index is 12.2. The van der Waals surface area contributed by atoms with Crippen molar-refractivity contribution in [1.82, 2.24) is 0 Å². The number of nitrogens with one attached hydrogen (secondary N) is 1. The van der Waals surface area contributed by atoms with E-state index in [0.29, 0.717) is 26.2 Å². The quantitative estimate of drug-likeness (QED) is 0.744. The largest absolute Gasteiger partial charge is 0.366 e. The van der Waals surface area contributed by atoms with Crippen LogP contribution in [0.25, 0.3) is 0 Å². The van der Waals surface area contributed by atoms with Crippen LogP contribution in [0.4, 0.5) is 5.69 Å². The first kappa shape index (κ1) is 14.6. The van der Waals surface area contributed by atoms with Crippen LogP contribution in [-0.4, -0.2) is 11.8 Å². The lowest BCUT2D eigenvalue weighted by molar-refractivity contribution is 0.0996. The van der Waals surface area contributed by atoms with Crippen LogP contribution in [0.3, 0.4) is 0 Å². The molecule has 20 heavy (non-hydrogen) atoms. The summed E-state index contributed by atoms with van der Waals surface area (Å²) in [7, 11) is 0. The molecule has 6 heteroatoms. The number of primary amides is 1. The van der Waals surface area contributed by atoms with Gasteiger partial charge in [0.25, 0.3) is 5.91 Å². The lowest BCUT2D eigenvalue weighted by Crippen LogP contribution is -2.14. The van der Waals surface area contributed by atoms with E-state index in [0.717, 1.165) is 0 Å². The number of carbonyl (C=O) groups excluding carboxylic acids is 2. The molecule has 0 radical (unpaired) electrons. The maximum absolute atomic E-state index is 12.2. The first-order valence-corrected chi connectivity index (χ1v) is 6.91. The Bertz CT molecular complexity index is 689. The normalized spacial score (nSPS) is 10.1. The van der Waals surface area contributed by atoms with E-state index in [4.69, 9.17) is 5.73 Å². The van der Waals surface area contributed by atoms with Crippen molar-refractivity contribution in [2.45, 2.75) is 4.90 Å². The van der Waals surface area contributed by atoms with Crippen LogP contribution < -0.4 is 11.1 Å². The number of benzene rings is 2. The third-order valence-corrected chi connectivity index (χ3v) is 3.57. The first-order chi connectivity index (χ1) is 9.47. The van der Waals surface area contributed by atoms with Gasteiger partial charge in [0.1, 0.15) is 0 Å². The van der Waals surface area contributed by atoms with Gasteiger partial charge in [0.2, 0.25) is 5.91 Å². The molecule has 0 saturated carbocycles. The van der Waals surface area contributed by atoms with E-state index in [-0.39, 0.29) is 5.91 Å². The molecule has 4 nitrogen and oxygen atoms in total. The maximum Gasteiger partial charge on any atom is 0.256 e. The highest BCUT2D eigenvalue weighted by Crippen LogP contribution is 2.21. The monoisotopic (exact) mass is 350 g/mol. The summed E-state index contributed by atoms with van der Waals surface area (Å²) < 4.78 is 0.666. The fourth-order valence-electron chi connectivity index (χ4n) is 1.64. The van der Waals surface area contributed by atoms with Gasteiger partial charge in [0.15, 0.2) is 0 Å². The molecule has 2 amide bonds. The molecule has 0 saturated heterocycles. The summed E-state index contributed by atoms with van der Waals surface area (Å²) in [6, 6.07) is 11.6. The molecule has 0 bridgehead atoms. The van der Waals surface area contributed by atoms with Crippen LogP contribution in [0, 0.1) is 0 Å². The van der Waals surface area contributed by atoms with E-state index in [9.17, 15) is 9.59 Å². The van der Waals surface area contributed by atoms with Crippen LogP contribution in [0.2, 0.25) is 0 Å². The zero-order valence-electron chi connectivity index (χ0n) is 10.3. The van der Waals surface area contributed by atoms with E-state index >= 15 is 0 Å². The van der Waals surface area contributed by atoms with Gasteiger partial charge in [-0.3, -0.25) is 9.59 Å². The molecule has 0 fully saturated rings. The third kappa shape index (κ3) is 3.40. The summed E-state index contributed by atoms with van der Waals surface area (Å²) in [6.45, 7) is 0. The van der Waals surface area contributed by atoms with E-state index in [1.807, 2.05) is 0 Å². The fourth-order valence-corrected chi connectivity index (χ4v) is 2.27. The molecule has 2 aromatic rings. The molecule has 0 atom stereocenters. The van der Waals surface area contributed by atoms with Crippen LogP contribution in [-0.2, 0) is 0 Å². The first-order valence-electron chi connectivity index (χ1n) is 5.67. The number of amides is 2. The molecule has 0 aromatic heterocycles. The summed E-state index contributed by atoms with van der Waals surface area (Å²) >= 11 is 7.52. The Morgan fingerprint density at radius 3 is 2.60 bits per heavy atom. The minimum atomic E-state index is -0.542. The van der Waals surface area contributed by atoms with Gasteiger partial charge in [-0.1, -0.05) is 6.07 Å². The van der Waals surface area contributed by atoms with Crippen molar-refractivity contribution in [2.24, 2.45) is 5.73 Å². The topological polar surface area (TPSA) is 72.2 Å². The molecule has 0 aliphatic rings. The molecule has 3 N–H and O–H groups in total. The van der Waals surface area contributed by atoms with Crippen molar-refractivity contribution in [3.8, 4) is 0 Å². The van der Waals surface area contributed by atoms with Crippen LogP contribution in [0.15, 0.2) is 51.8 Å². The van der Waals surface area contributed by atoms with Crippen molar-refractivity contribution in [3.63, 3.8) is 0 Å². The molecule has 102 valence electrons. The predicted molar refractivity (Wildman–Crippen MR) is 84.3 cm³/mol. The SMILES string of the molecule is NC(=O)c1cccc(NC(=O)c2cc(S)ccc2Br)c1. The molecule has 0 heterocycles. The van der Waals surface area contributed by atoms with Gasteiger partial charge >= 0.3 is 0 Å². The Morgan fingerprint density at radius 1 is 1.15 bits per heavy atom. The molecular formula is C14H11BrN2O2S. The summed E-state index contributed by atoms with van der Waals surface area (Å²) in [6.07, 6.45) is 0. The summed E-state index contributed by atoms with van der Waals surface area (Å²) in [5.74, 6) is -0.839. The van der Waals surface area contributed by atoms with Gasteiger partial charge in [0, 0.05) is 20.6 Å². The standard InChI is InChI=1S/C14H11BrN2O2S/c15-12-5-4-10(20)7-11(12)14(19)17-9-3-1-2-8(6-9)13(16)18/h1-7,20H,(H2,16,18)(H,17,19). The minimum absolute atomic E-state index is 0.297. The van der Waals surface area contributed by atoms with E-state index in [1.54, 1.807) is 36.4 Å². The van der Waals surface area contributed by atoms with Crippen molar-refractivity contribution in [3.05, 3.63) is 58.1 Å². The number of anilines is 1. The highest BCUT2D eigenvalue weighted by Gasteiger charge is 2.11. The number of hydrogen-bond acceptors (Lipinski definition) is 3. The summed E-state index contributed by atoms with van der Waals surface area (Å²) in [5.41, 5.74) is 6.50. The van der Waals surface area contributed by atoms with Gasteiger partial charge in [-0.15, -0.1) is 12.6 Å². The van der Waals surface area contributed by atoms with Gasteiger partial charge in [-0.05, 0) is 52.3 Å². The Hall–Kier alpha value is -1.79. The number of nitrogens with two attached hydrogens (primary N) is 1. The molecule has 2 aromatic carbocycles. The molecule has 0 unspecified atom stereocenters. The van der Waals surface area contributed by atoms with Crippen molar-refractivity contribution >= 4 is 46.1 Å². The lowest BCUT2D eigenvalue weighted by Gasteiger charge is -2.08. The lowest BCUT2D eigenvalue weighted by atomic mass is 10.1.